The minimum Gasteiger partial charge on any atom is -0.324 e. The quantitative estimate of drug-likeness (QED) is 0.587. The summed E-state index contributed by atoms with van der Waals surface area (Å²) >= 11 is 0. The number of hydrogen-bond donors (Lipinski definition) is 2. The van der Waals surface area contributed by atoms with Crippen LogP contribution in [0.15, 0.2) is 0 Å². The molecule has 3 nitrogen and oxygen atoms in total. The molecule has 11 heavy (non-hydrogen) atoms. The summed E-state index contributed by atoms with van der Waals surface area (Å²) in [6.45, 7) is 7.10. The van der Waals surface area contributed by atoms with Gasteiger partial charge < -0.3 is 16.0 Å². The summed E-state index contributed by atoms with van der Waals surface area (Å²) in [4.78, 5) is 2.23. The smallest absolute Gasteiger partial charge is 0.0225 e. The lowest BCUT2D eigenvalue weighted by atomic mass is 10.1. The van der Waals surface area contributed by atoms with Crippen molar-refractivity contribution in [3.63, 3.8) is 0 Å². The summed E-state index contributed by atoms with van der Waals surface area (Å²) in [5.41, 5.74) is 5.77. The van der Waals surface area contributed by atoms with Crippen molar-refractivity contribution in [3.05, 3.63) is 0 Å². The predicted molar refractivity (Wildman–Crippen MR) is 49.7 cm³/mol. The number of nitrogens with two attached hydrogens (primary N) is 1. The molecular weight excluding hydrogens is 138 g/mol. The Morgan fingerprint density at radius 1 is 1.45 bits per heavy atom. The van der Waals surface area contributed by atoms with Gasteiger partial charge in [0.15, 0.2) is 0 Å². The first-order valence-electron chi connectivity index (χ1n) is 4.08. The highest BCUT2D eigenvalue weighted by atomic mass is 15.1. The fourth-order valence-electron chi connectivity index (χ4n) is 1.08. The second-order valence-electron chi connectivity index (χ2n) is 3.83. The molecule has 0 bridgehead atoms. The SMILES string of the molecule is CNCCN(C)CC(C)(C)N. The first-order chi connectivity index (χ1) is 4.95. The largest absolute Gasteiger partial charge is 0.324 e. The molecule has 0 amide bonds. The zero-order chi connectivity index (χ0) is 8.91. The highest BCUT2D eigenvalue weighted by Gasteiger charge is 2.12. The molecule has 0 radical (unpaired) electrons. The van der Waals surface area contributed by atoms with Crippen molar-refractivity contribution in [2.45, 2.75) is 19.4 Å². The van der Waals surface area contributed by atoms with E-state index in [9.17, 15) is 0 Å². The molecule has 0 unspecified atom stereocenters. The van der Waals surface area contributed by atoms with Crippen LogP contribution < -0.4 is 11.1 Å². The fraction of sp³-hybridized carbons (Fsp3) is 1.00. The van der Waals surface area contributed by atoms with Crippen LogP contribution in [0.5, 0.6) is 0 Å². The summed E-state index contributed by atoms with van der Waals surface area (Å²) in [6, 6.07) is 0. The van der Waals surface area contributed by atoms with E-state index in [4.69, 9.17) is 5.73 Å². The molecule has 0 saturated carbocycles. The van der Waals surface area contributed by atoms with E-state index >= 15 is 0 Å². The molecule has 0 aromatic heterocycles. The van der Waals surface area contributed by atoms with Crippen LogP contribution in [0.4, 0.5) is 0 Å². The summed E-state index contributed by atoms with van der Waals surface area (Å²) in [5, 5.41) is 3.10. The molecule has 0 aliphatic carbocycles. The van der Waals surface area contributed by atoms with Gasteiger partial charge in [-0.3, -0.25) is 0 Å². The van der Waals surface area contributed by atoms with Crippen molar-refractivity contribution in [1.29, 1.82) is 0 Å². The van der Waals surface area contributed by atoms with Crippen LogP contribution in [0, 0.1) is 0 Å². The van der Waals surface area contributed by atoms with Crippen LogP contribution in [0.3, 0.4) is 0 Å². The zero-order valence-corrected chi connectivity index (χ0v) is 8.15. The fourth-order valence-corrected chi connectivity index (χ4v) is 1.08. The van der Waals surface area contributed by atoms with Gasteiger partial charge in [-0.1, -0.05) is 0 Å². The lowest BCUT2D eigenvalue weighted by Gasteiger charge is -2.26. The number of hydrogen-bond acceptors (Lipinski definition) is 3. The van der Waals surface area contributed by atoms with E-state index < -0.39 is 0 Å². The lowest BCUT2D eigenvalue weighted by Crippen LogP contribution is -2.45. The van der Waals surface area contributed by atoms with Crippen LogP contribution in [0.1, 0.15) is 13.8 Å². The maximum absolute atomic E-state index is 5.85. The van der Waals surface area contributed by atoms with Crippen molar-refractivity contribution in [2.75, 3.05) is 33.7 Å². The molecule has 0 atom stereocenters. The first kappa shape index (κ1) is 10.9. The van der Waals surface area contributed by atoms with Gasteiger partial charge in [-0.15, -0.1) is 0 Å². The van der Waals surface area contributed by atoms with Crippen molar-refractivity contribution in [1.82, 2.24) is 10.2 Å². The Bertz CT molecular complexity index is 96.0. The lowest BCUT2D eigenvalue weighted by molar-refractivity contribution is 0.271. The molecule has 0 aromatic carbocycles. The van der Waals surface area contributed by atoms with E-state index in [1.807, 2.05) is 20.9 Å². The normalized spacial score (nSPS) is 12.5. The van der Waals surface area contributed by atoms with Crippen LogP contribution in [-0.2, 0) is 0 Å². The van der Waals surface area contributed by atoms with E-state index in [1.54, 1.807) is 0 Å². The van der Waals surface area contributed by atoms with E-state index in [0.717, 1.165) is 19.6 Å². The van der Waals surface area contributed by atoms with Crippen LogP contribution in [0.2, 0.25) is 0 Å². The second kappa shape index (κ2) is 4.70. The molecule has 0 aromatic rings. The number of rotatable bonds is 5. The average Bonchev–Trinajstić information content (AvgIpc) is 1.79. The Kier molecular flexibility index (Phi) is 4.65. The van der Waals surface area contributed by atoms with Gasteiger partial charge in [-0.2, -0.15) is 0 Å². The standard InChI is InChI=1S/C8H21N3/c1-8(2,9)7-11(4)6-5-10-3/h10H,5-7,9H2,1-4H3. The van der Waals surface area contributed by atoms with Gasteiger partial charge in [0.05, 0.1) is 0 Å². The van der Waals surface area contributed by atoms with Crippen LogP contribution >= 0.6 is 0 Å². The van der Waals surface area contributed by atoms with Crippen molar-refractivity contribution in [2.24, 2.45) is 5.73 Å². The van der Waals surface area contributed by atoms with Gasteiger partial charge in [0.25, 0.3) is 0 Å². The van der Waals surface area contributed by atoms with E-state index in [0.29, 0.717) is 0 Å². The first-order valence-corrected chi connectivity index (χ1v) is 4.08. The third-order valence-electron chi connectivity index (χ3n) is 1.42. The van der Waals surface area contributed by atoms with Gasteiger partial charge in [0.1, 0.15) is 0 Å². The maximum atomic E-state index is 5.85. The number of nitrogens with one attached hydrogen (secondary N) is 1. The summed E-state index contributed by atoms with van der Waals surface area (Å²) in [5.74, 6) is 0. The molecule has 3 heteroatoms. The molecule has 3 N–H and O–H groups in total. The zero-order valence-electron chi connectivity index (χ0n) is 8.15. The highest BCUT2D eigenvalue weighted by Crippen LogP contribution is 1.98. The summed E-state index contributed by atoms with van der Waals surface area (Å²) < 4.78 is 0. The Balaban J connectivity index is 3.44. The third kappa shape index (κ3) is 7.78. The van der Waals surface area contributed by atoms with Gasteiger partial charge in [0.2, 0.25) is 0 Å². The molecule has 0 heterocycles. The van der Waals surface area contributed by atoms with E-state index in [1.165, 1.54) is 0 Å². The van der Waals surface area contributed by atoms with Crippen LogP contribution in [0.25, 0.3) is 0 Å². The molecule has 0 saturated heterocycles. The van der Waals surface area contributed by atoms with Gasteiger partial charge >= 0.3 is 0 Å². The second-order valence-corrected chi connectivity index (χ2v) is 3.83. The van der Waals surface area contributed by atoms with Gasteiger partial charge in [0, 0.05) is 25.2 Å². The molecule has 0 rings (SSSR count). The van der Waals surface area contributed by atoms with Crippen molar-refractivity contribution in [3.8, 4) is 0 Å². The van der Waals surface area contributed by atoms with Gasteiger partial charge in [-0.05, 0) is 27.9 Å². The van der Waals surface area contributed by atoms with Crippen LogP contribution in [-0.4, -0.2) is 44.2 Å². The molecular formula is C8H21N3. The third-order valence-corrected chi connectivity index (χ3v) is 1.42. The highest BCUT2D eigenvalue weighted by molar-refractivity contribution is 4.75. The Labute approximate surface area is 69.9 Å². The topological polar surface area (TPSA) is 41.3 Å². The van der Waals surface area contributed by atoms with E-state index in [2.05, 4.69) is 17.3 Å². The Morgan fingerprint density at radius 3 is 2.36 bits per heavy atom. The number of nitrogens with zero attached hydrogens (tertiary/aromatic N) is 1. The molecule has 0 aliphatic heterocycles. The maximum Gasteiger partial charge on any atom is 0.0225 e. The Hall–Kier alpha value is -0.120. The van der Waals surface area contributed by atoms with E-state index in [-0.39, 0.29) is 5.54 Å². The summed E-state index contributed by atoms with van der Waals surface area (Å²) in [7, 11) is 4.05. The average molecular weight is 159 g/mol. The molecule has 0 fully saturated rings. The van der Waals surface area contributed by atoms with Gasteiger partial charge in [-0.25, -0.2) is 0 Å². The molecule has 68 valence electrons. The summed E-state index contributed by atoms with van der Waals surface area (Å²) in [6.07, 6.45) is 0. The monoisotopic (exact) mass is 159 g/mol. The molecule has 0 spiro atoms. The molecule has 0 aliphatic rings. The minimum absolute atomic E-state index is 0.0809. The van der Waals surface area contributed by atoms with Crippen molar-refractivity contribution >= 4 is 0 Å². The number of likely N-dealkylation sites (N-methyl/N-ethyl adjacent to an activating group) is 2. The van der Waals surface area contributed by atoms with Crippen molar-refractivity contribution < 1.29 is 0 Å². The minimum atomic E-state index is -0.0809. The predicted octanol–water partition coefficient (Wildman–Crippen LogP) is -0.125. The Morgan fingerprint density at radius 2 is 2.00 bits per heavy atom.